The van der Waals surface area contributed by atoms with Crippen LogP contribution in [0.5, 0.6) is 0 Å². The predicted molar refractivity (Wildman–Crippen MR) is 122 cm³/mol. The Morgan fingerprint density at radius 3 is 2.29 bits per heavy atom. The third kappa shape index (κ3) is 5.40. The lowest BCUT2D eigenvalue weighted by Gasteiger charge is -2.13. The Balaban J connectivity index is 1.77. The number of hydrogen-bond acceptors (Lipinski definition) is 5. The van der Waals surface area contributed by atoms with Crippen molar-refractivity contribution in [1.82, 2.24) is 14.2 Å². The van der Waals surface area contributed by atoms with Crippen LogP contribution in [0.1, 0.15) is 32.1 Å². The standard InChI is InChI=1S/C22H22F3N3O4S2/c1-14-19(20(29)26-12-16-6-4-5-7-18(16)22(23,24)25)33-21(30)28(14)13-15-8-10-17(11-9-15)34(31,32)27(2)3/h4-11H,12-13H2,1-3H3,(H,26,29). The topological polar surface area (TPSA) is 88.5 Å². The van der Waals surface area contributed by atoms with Gasteiger partial charge in [0.25, 0.3) is 5.91 Å². The molecule has 0 saturated carbocycles. The van der Waals surface area contributed by atoms with E-state index in [4.69, 9.17) is 0 Å². The van der Waals surface area contributed by atoms with Crippen molar-refractivity contribution in [2.24, 2.45) is 0 Å². The summed E-state index contributed by atoms with van der Waals surface area (Å²) in [4.78, 5) is 24.9. The number of carbonyl (C=O) groups excluding carboxylic acids is 1. The number of hydrogen-bond donors (Lipinski definition) is 1. The second-order valence-electron chi connectivity index (χ2n) is 7.64. The van der Waals surface area contributed by atoms with Crippen LogP contribution in [0.15, 0.2) is 58.2 Å². The molecule has 0 aliphatic carbocycles. The summed E-state index contributed by atoms with van der Waals surface area (Å²) in [5, 5.41) is 2.46. The molecule has 0 aliphatic heterocycles. The molecule has 182 valence electrons. The summed E-state index contributed by atoms with van der Waals surface area (Å²) in [6, 6.07) is 11.0. The molecule has 1 N–H and O–H groups in total. The molecule has 0 bridgehead atoms. The zero-order valence-corrected chi connectivity index (χ0v) is 20.1. The highest BCUT2D eigenvalue weighted by Crippen LogP contribution is 2.31. The molecule has 2 aromatic carbocycles. The zero-order chi connectivity index (χ0) is 25.3. The summed E-state index contributed by atoms with van der Waals surface area (Å²) in [7, 11) is -0.743. The van der Waals surface area contributed by atoms with Crippen LogP contribution in [0.4, 0.5) is 13.2 Å². The number of nitrogens with one attached hydrogen (secondary N) is 1. The largest absolute Gasteiger partial charge is 0.416 e. The molecule has 0 spiro atoms. The van der Waals surface area contributed by atoms with Crippen LogP contribution in [-0.2, 0) is 29.3 Å². The van der Waals surface area contributed by atoms with E-state index in [-0.39, 0.29) is 28.4 Å². The van der Waals surface area contributed by atoms with Gasteiger partial charge in [-0.25, -0.2) is 12.7 Å². The number of carbonyl (C=O) groups is 1. The SMILES string of the molecule is Cc1c(C(=O)NCc2ccccc2C(F)(F)F)sc(=O)n1Cc1ccc(S(=O)(=O)N(C)C)cc1. The van der Waals surface area contributed by atoms with Crippen LogP contribution in [0.25, 0.3) is 0 Å². The van der Waals surface area contributed by atoms with Gasteiger partial charge in [-0.3, -0.25) is 14.2 Å². The highest BCUT2D eigenvalue weighted by Gasteiger charge is 2.33. The van der Waals surface area contributed by atoms with Gasteiger partial charge in [-0.1, -0.05) is 41.7 Å². The van der Waals surface area contributed by atoms with Gasteiger partial charge in [-0.2, -0.15) is 13.2 Å². The first-order chi connectivity index (χ1) is 15.8. The lowest BCUT2D eigenvalue weighted by molar-refractivity contribution is -0.138. The van der Waals surface area contributed by atoms with Crippen molar-refractivity contribution < 1.29 is 26.4 Å². The van der Waals surface area contributed by atoms with Crippen molar-refractivity contribution >= 4 is 27.3 Å². The number of aromatic nitrogens is 1. The van der Waals surface area contributed by atoms with E-state index in [2.05, 4.69) is 5.32 Å². The van der Waals surface area contributed by atoms with Crippen LogP contribution in [0.3, 0.4) is 0 Å². The Kier molecular flexibility index (Phi) is 7.34. The van der Waals surface area contributed by atoms with E-state index in [1.165, 1.54) is 49.0 Å². The number of amides is 1. The average molecular weight is 514 g/mol. The molecule has 3 rings (SSSR count). The van der Waals surface area contributed by atoms with Crippen molar-refractivity contribution in [2.45, 2.75) is 31.1 Å². The van der Waals surface area contributed by atoms with E-state index in [0.29, 0.717) is 22.6 Å². The van der Waals surface area contributed by atoms with Gasteiger partial charge in [0.15, 0.2) is 0 Å². The number of halogens is 3. The van der Waals surface area contributed by atoms with Gasteiger partial charge in [0.1, 0.15) is 4.88 Å². The number of benzene rings is 2. The summed E-state index contributed by atoms with van der Waals surface area (Å²) in [6.45, 7) is 1.33. The van der Waals surface area contributed by atoms with Crippen molar-refractivity contribution in [3.05, 3.63) is 85.5 Å². The predicted octanol–water partition coefficient (Wildman–Crippen LogP) is 3.47. The van der Waals surface area contributed by atoms with E-state index in [1.54, 1.807) is 19.1 Å². The third-order valence-electron chi connectivity index (χ3n) is 5.15. The zero-order valence-electron chi connectivity index (χ0n) is 18.5. The van der Waals surface area contributed by atoms with E-state index in [9.17, 15) is 31.2 Å². The molecule has 0 unspecified atom stereocenters. The van der Waals surface area contributed by atoms with Crippen LogP contribution in [-0.4, -0.2) is 37.3 Å². The van der Waals surface area contributed by atoms with Crippen LogP contribution >= 0.6 is 11.3 Å². The first-order valence-corrected chi connectivity index (χ1v) is 12.2. The third-order valence-corrected chi connectivity index (χ3v) is 8.06. The molecule has 7 nitrogen and oxygen atoms in total. The second kappa shape index (κ2) is 9.72. The van der Waals surface area contributed by atoms with E-state index in [0.717, 1.165) is 10.4 Å². The minimum absolute atomic E-state index is 0.0828. The molecule has 0 radical (unpaired) electrons. The first kappa shape index (κ1) is 25.7. The number of nitrogens with zero attached hydrogens (tertiary/aromatic N) is 2. The summed E-state index contributed by atoms with van der Waals surface area (Å²) < 4.78 is 66.3. The maximum absolute atomic E-state index is 13.2. The van der Waals surface area contributed by atoms with E-state index < -0.39 is 32.5 Å². The van der Waals surface area contributed by atoms with Gasteiger partial charge < -0.3 is 5.32 Å². The smallest absolute Gasteiger partial charge is 0.347 e. The highest BCUT2D eigenvalue weighted by atomic mass is 32.2. The molecule has 0 fully saturated rings. The second-order valence-corrected chi connectivity index (χ2v) is 10.8. The van der Waals surface area contributed by atoms with Crippen molar-refractivity contribution in [3.63, 3.8) is 0 Å². The van der Waals surface area contributed by atoms with E-state index >= 15 is 0 Å². The van der Waals surface area contributed by atoms with Gasteiger partial charge in [-0.15, -0.1) is 0 Å². The summed E-state index contributed by atoms with van der Waals surface area (Å²) in [6.07, 6.45) is -4.55. The summed E-state index contributed by atoms with van der Waals surface area (Å²) >= 11 is 0.695. The maximum Gasteiger partial charge on any atom is 0.416 e. The molecule has 0 aliphatic rings. The minimum Gasteiger partial charge on any atom is -0.347 e. The number of sulfonamides is 1. The summed E-state index contributed by atoms with van der Waals surface area (Å²) in [5.74, 6) is -0.650. The fourth-order valence-corrected chi connectivity index (χ4v) is 5.05. The molecule has 0 saturated heterocycles. The Bertz CT molecular complexity index is 1360. The number of rotatable bonds is 7. The van der Waals surface area contributed by atoms with Crippen LogP contribution in [0, 0.1) is 6.92 Å². The lowest BCUT2D eigenvalue weighted by atomic mass is 10.1. The van der Waals surface area contributed by atoms with Gasteiger partial charge in [0, 0.05) is 26.3 Å². The van der Waals surface area contributed by atoms with Gasteiger partial charge in [-0.05, 0) is 36.2 Å². The Morgan fingerprint density at radius 1 is 1.09 bits per heavy atom. The monoisotopic (exact) mass is 513 g/mol. The Morgan fingerprint density at radius 2 is 1.71 bits per heavy atom. The van der Waals surface area contributed by atoms with Crippen LogP contribution in [0.2, 0.25) is 0 Å². The fourth-order valence-electron chi connectivity index (χ4n) is 3.24. The Hall–Kier alpha value is -2.96. The van der Waals surface area contributed by atoms with Gasteiger partial charge in [0.05, 0.1) is 17.0 Å². The normalized spacial score (nSPS) is 12.2. The molecule has 3 aromatic rings. The molecule has 34 heavy (non-hydrogen) atoms. The molecule has 1 amide bonds. The first-order valence-electron chi connectivity index (χ1n) is 9.97. The van der Waals surface area contributed by atoms with Crippen LogP contribution < -0.4 is 10.2 Å². The molecule has 12 heteroatoms. The number of thiazole rings is 1. The highest BCUT2D eigenvalue weighted by molar-refractivity contribution is 7.89. The quantitative estimate of drug-likeness (QED) is 0.524. The summed E-state index contributed by atoms with van der Waals surface area (Å²) in [5.41, 5.74) is 0.0893. The number of alkyl halides is 3. The van der Waals surface area contributed by atoms with Gasteiger partial charge >= 0.3 is 11.0 Å². The van der Waals surface area contributed by atoms with Gasteiger partial charge in [0.2, 0.25) is 10.0 Å². The van der Waals surface area contributed by atoms with Crippen molar-refractivity contribution in [2.75, 3.05) is 14.1 Å². The fraction of sp³-hybridized carbons (Fsp3) is 0.273. The van der Waals surface area contributed by atoms with Crippen molar-refractivity contribution in [1.29, 1.82) is 0 Å². The van der Waals surface area contributed by atoms with E-state index in [1.807, 2.05) is 0 Å². The lowest BCUT2D eigenvalue weighted by Crippen LogP contribution is -2.24. The average Bonchev–Trinajstić information content (AvgIpc) is 3.05. The maximum atomic E-state index is 13.2. The molecular weight excluding hydrogens is 491 g/mol. The molecule has 0 atom stereocenters. The molecule has 1 aromatic heterocycles. The Labute approximate surface area is 198 Å². The molecule has 1 heterocycles. The minimum atomic E-state index is -4.55. The molecular formula is C22H22F3N3O4S2. The van der Waals surface area contributed by atoms with Crippen molar-refractivity contribution in [3.8, 4) is 0 Å².